The van der Waals surface area contributed by atoms with E-state index in [-0.39, 0.29) is 12.5 Å². The first-order valence-electron chi connectivity index (χ1n) is 7.22. The van der Waals surface area contributed by atoms with Crippen molar-refractivity contribution in [2.45, 2.75) is 33.1 Å². The first-order valence-corrected chi connectivity index (χ1v) is 7.22. The minimum Gasteiger partial charge on any atom is -0.395 e. The predicted molar refractivity (Wildman–Crippen MR) is 81.5 cm³/mol. The molecule has 0 radical (unpaired) electrons. The average Bonchev–Trinajstić information content (AvgIpc) is 2.47. The Hall–Kier alpha value is -1.79. The van der Waals surface area contributed by atoms with E-state index in [1.165, 1.54) is 0 Å². The third-order valence-electron chi connectivity index (χ3n) is 2.85. The predicted octanol–water partition coefficient (Wildman–Crippen LogP) is 2.68. The van der Waals surface area contributed by atoms with Gasteiger partial charge in [0, 0.05) is 30.6 Å². The molecule has 0 aliphatic heterocycles. The Morgan fingerprint density at radius 2 is 1.95 bits per heavy atom. The first kappa shape index (κ1) is 16.3. The summed E-state index contributed by atoms with van der Waals surface area (Å²) in [6, 6.07) is 7.39. The number of carbonyl (C=O) groups excluding carboxylic acids is 1. The Morgan fingerprint density at radius 1 is 1.25 bits per heavy atom. The van der Waals surface area contributed by atoms with Gasteiger partial charge in [-0.05, 0) is 31.0 Å². The van der Waals surface area contributed by atoms with Crippen LogP contribution in [-0.4, -0.2) is 35.6 Å². The lowest BCUT2D eigenvalue weighted by Gasteiger charge is -2.21. The van der Waals surface area contributed by atoms with Gasteiger partial charge >= 0.3 is 0 Å². The Kier molecular flexibility index (Phi) is 7.46. The highest BCUT2D eigenvalue weighted by molar-refractivity contribution is 5.94. The van der Waals surface area contributed by atoms with Crippen molar-refractivity contribution >= 4 is 5.91 Å². The average molecular weight is 273 g/mol. The van der Waals surface area contributed by atoms with E-state index in [4.69, 9.17) is 5.11 Å². The van der Waals surface area contributed by atoms with Gasteiger partial charge in [0.1, 0.15) is 0 Å². The van der Waals surface area contributed by atoms with Gasteiger partial charge in [0.05, 0.1) is 6.61 Å². The maximum Gasteiger partial charge on any atom is 0.253 e. The van der Waals surface area contributed by atoms with Crippen LogP contribution in [-0.2, 0) is 0 Å². The summed E-state index contributed by atoms with van der Waals surface area (Å²) < 4.78 is 0. The molecule has 1 amide bonds. The van der Waals surface area contributed by atoms with Gasteiger partial charge in [-0.3, -0.25) is 4.79 Å². The van der Waals surface area contributed by atoms with Crippen molar-refractivity contribution in [3.63, 3.8) is 0 Å². The van der Waals surface area contributed by atoms with E-state index in [0.717, 1.165) is 31.5 Å². The molecule has 1 rings (SSSR count). The fraction of sp³-hybridized carbons (Fsp3) is 0.471. The maximum atomic E-state index is 12.4. The van der Waals surface area contributed by atoms with Crippen molar-refractivity contribution in [1.82, 2.24) is 4.90 Å². The summed E-state index contributed by atoms with van der Waals surface area (Å²) in [6.45, 7) is 5.78. The van der Waals surface area contributed by atoms with Crippen molar-refractivity contribution in [3.8, 4) is 11.8 Å². The SMILES string of the molecule is CCCN(CCC)C(=O)c1cccc(C#CCCO)c1. The number of hydrogen-bond acceptors (Lipinski definition) is 2. The second-order valence-corrected chi connectivity index (χ2v) is 4.65. The number of benzene rings is 1. The molecule has 1 N–H and O–H groups in total. The standard InChI is InChI=1S/C17H23NO2/c1-3-11-18(12-4-2)17(20)16-10-7-9-15(14-16)8-5-6-13-19/h7,9-10,14,19H,3-4,6,11-13H2,1-2H3. The molecule has 3 nitrogen and oxygen atoms in total. The molecule has 0 atom stereocenters. The van der Waals surface area contributed by atoms with E-state index in [2.05, 4.69) is 25.7 Å². The van der Waals surface area contributed by atoms with Gasteiger partial charge in [0.2, 0.25) is 0 Å². The van der Waals surface area contributed by atoms with E-state index >= 15 is 0 Å². The number of carbonyl (C=O) groups is 1. The second-order valence-electron chi connectivity index (χ2n) is 4.65. The lowest BCUT2D eigenvalue weighted by molar-refractivity contribution is 0.0755. The maximum absolute atomic E-state index is 12.4. The second kappa shape index (κ2) is 9.17. The van der Waals surface area contributed by atoms with Crippen LogP contribution in [0.3, 0.4) is 0 Å². The first-order chi connectivity index (χ1) is 9.72. The summed E-state index contributed by atoms with van der Waals surface area (Å²) in [5.74, 6) is 5.90. The molecule has 20 heavy (non-hydrogen) atoms. The van der Waals surface area contributed by atoms with Crippen molar-refractivity contribution in [2.24, 2.45) is 0 Å². The van der Waals surface area contributed by atoms with Crippen molar-refractivity contribution < 1.29 is 9.90 Å². The molecule has 0 spiro atoms. The molecule has 0 bridgehead atoms. The molecule has 3 heteroatoms. The normalized spacial score (nSPS) is 9.75. The highest BCUT2D eigenvalue weighted by Crippen LogP contribution is 2.09. The molecular formula is C17H23NO2. The van der Waals surface area contributed by atoms with E-state index in [1.54, 1.807) is 0 Å². The van der Waals surface area contributed by atoms with Crippen LogP contribution in [0.15, 0.2) is 24.3 Å². The molecule has 0 aliphatic carbocycles. The Labute approximate surface area is 121 Å². The molecule has 0 fully saturated rings. The third-order valence-corrected chi connectivity index (χ3v) is 2.85. The minimum atomic E-state index is 0.0619. The van der Waals surface area contributed by atoms with Crippen LogP contribution in [0.25, 0.3) is 0 Å². The number of rotatable bonds is 6. The Morgan fingerprint density at radius 3 is 2.55 bits per heavy atom. The number of amides is 1. The summed E-state index contributed by atoms with van der Waals surface area (Å²) in [5, 5.41) is 8.71. The smallest absolute Gasteiger partial charge is 0.253 e. The van der Waals surface area contributed by atoms with Crippen LogP contribution in [0.1, 0.15) is 49.0 Å². The minimum absolute atomic E-state index is 0.0619. The summed E-state index contributed by atoms with van der Waals surface area (Å²) in [6.07, 6.45) is 2.37. The number of aliphatic hydroxyl groups is 1. The molecule has 0 aliphatic rings. The zero-order valence-corrected chi connectivity index (χ0v) is 12.4. The largest absolute Gasteiger partial charge is 0.395 e. The Bertz CT molecular complexity index is 479. The van der Waals surface area contributed by atoms with Gasteiger partial charge in [-0.1, -0.05) is 31.8 Å². The molecule has 1 aromatic carbocycles. The van der Waals surface area contributed by atoms with Crippen molar-refractivity contribution in [3.05, 3.63) is 35.4 Å². The third kappa shape index (κ3) is 5.07. The summed E-state index contributed by atoms with van der Waals surface area (Å²) in [5.41, 5.74) is 1.50. The van der Waals surface area contributed by atoms with Gasteiger partial charge in [-0.15, -0.1) is 0 Å². The fourth-order valence-corrected chi connectivity index (χ4v) is 1.99. The highest BCUT2D eigenvalue weighted by atomic mass is 16.2. The van der Waals surface area contributed by atoms with Crippen LogP contribution >= 0.6 is 0 Å². The zero-order chi connectivity index (χ0) is 14.8. The van der Waals surface area contributed by atoms with E-state index in [1.807, 2.05) is 29.2 Å². The number of hydrogen-bond donors (Lipinski definition) is 1. The topological polar surface area (TPSA) is 40.5 Å². The highest BCUT2D eigenvalue weighted by Gasteiger charge is 2.13. The van der Waals surface area contributed by atoms with Gasteiger partial charge < -0.3 is 10.0 Å². The van der Waals surface area contributed by atoms with E-state index < -0.39 is 0 Å². The summed E-state index contributed by atoms with van der Waals surface area (Å²) in [7, 11) is 0. The van der Waals surface area contributed by atoms with Gasteiger partial charge in [-0.25, -0.2) is 0 Å². The molecule has 108 valence electrons. The fourth-order valence-electron chi connectivity index (χ4n) is 1.99. The zero-order valence-electron chi connectivity index (χ0n) is 12.4. The van der Waals surface area contributed by atoms with Crippen LogP contribution in [0.2, 0.25) is 0 Å². The van der Waals surface area contributed by atoms with Crippen LogP contribution < -0.4 is 0 Å². The quantitative estimate of drug-likeness (QED) is 0.810. The molecule has 0 saturated heterocycles. The molecule has 0 heterocycles. The molecule has 1 aromatic rings. The van der Waals surface area contributed by atoms with Crippen LogP contribution in [0.5, 0.6) is 0 Å². The molecule has 0 unspecified atom stereocenters. The van der Waals surface area contributed by atoms with Gasteiger partial charge in [-0.2, -0.15) is 0 Å². The molecule has 0 aromatic heterocycles. The van der Waals surface area contributed by atoms with Crippen LogP contribution in [0.4, 0.5) is 0 Å². The molecule has 0 saturated carbocycles. The monoisotopic (exact) mass is 273 g/mol. The van der Waals surface area contributed by atoms with E-state index in [0.29, 0.717) is 12.0 Å². The lowest BCUT2D eigenvalue weighted by Crippen LogP contribution is -2.32. The summed E-state index contributed by atoms with van der Waals surface area (Å²) >= 11 is 0. The van der Waals surface area contributed by atoms with Crippen molar-refractivity contribution in [2.75, 3.05) is 19.7 Å². The molecular weight excluding hydrogens is 250 g/mol. The van der Waals surface area contributed by atoms with Crippen molar-refractivity contribution in [1.29, 1.82) is 0 Å². The van der Waals surface area contributed by atoms with E-state index in [9.17, 15) is 4.79 Å². The number of nitrogens with zero attached hydrogens (tertiary/aromatic N) is 1. The van der Waals surface area contributed by atoms with Gasteiger partial charge in [0.15, 0.2) is 0 Å². The lowest BCUT2D eigenvalue weighted by atomic mass is 10.1. The van der Waals surface area contributed by atoms with Crippen LogP contribution in [0, 0.1) is 11.8 Å². The van der Waals surface area contributed by atoms with Gasteiger partial charge in [0.25, 0.3) is 5.91 Å². The summed E-state index contributed by atoms with van der Waals surface area (Å²) in [4.78, 5) is 14.3. The number of aliphatic hydroxyl groups excluding tert-OH is 1. The Balaban J connectivity index is 2.87.